The topological polar surface area (TPSA) is 85.1 Å². The Bertz CT molecular complexity index is 668. The fourth-order valence-corrected chi connectivity index (χ4v) is 3.04. The fraction of sp³-hybridized carbons (Fsp3) is 0.250. The van der Waals surface area contributed by atoms with E-state index in [2.05, 4.69) is 9.71 Å². The van der Waals surface area contributed by atoms with Gasteiger partial charge in [0.25, 0.3) is 0 Å². The van der Waals surface area contributed by atoms with E-state index >= 15 is 0 Å². The maximum atomic E-state index is 12.1. The fourth-order valence-electron chi connectivity index (χ4n) is 1.79. The van der Waals surface area contributed by atoms with Crippen LogP contribution in [0.4, 0.5) is 0 Å². The van der Waals surface area contributed by atoms with Gasteiger partial charge in [0, 0.05) is 24.7 Å². The summed E-state index contributed by atoms with van der Waals surface area (Å²) in [5.41, 5.74) is 6.96. The van der Waals surface area contributed by atoms with Crippen molar-refractivity contribution in [3.05, 3.63) is 36.0 Å². The van der Waals surface area contributed by atoms with E-state index in [1.807, 2.05) is 6.92 Å². The highest BCUT2D eigenvalue weighted by Gasteiger charge is 2.17. The third-order valence-corrected chi connectivity index (χ3v) is 4.18. The van der Waals surface area contributed by atoms with Gasteiger partial charge in [-0.1, -0.05) is 6.07 Å². The van der Waals surface area contributed by atoms with E-state index < -0.39 is 10.0 Å². The molecule has 1 heterocycles. The number of hydrogen-bond acceptors (Lipinski definition) is 4. The summed E-state index contributed by atoms with van der Waals surface area (Å²) in [5.74, 6) is 0. The van der Waals surface area contributed by atoms with E-state index in [0.717, 1.165) is 5.56 Å². The first-order valence-corrected chi connectivity index (χ1v) is 7.08. The van der Waals surface area contributed by atoms with Crippen molar-refractivity contribution in [2.75, 3.05) is 13.1 Å². The Hall–Kier alpha value is -1.50. The third kappa shape index (κ3) is 2.35. The smallest absolute Gasteiger partial charge is 0.241 e. The van der Waals surface area contributed by atoms with Gasteiger partial charge in [0.05, 0.1) is 10.4 Å². The maximum Gasteiger partial charge on any atom is 0.241 e. The molecular formula is C12H15N3O2S. The van der Waals surface area contributed by atoms with Crippen LogP contribution in [-0.2, 0) is 10.0 Å². The van der Waals surface area contributed by atoms with Crippen LogP contribution in [0.25, 0.3) is 10.9 Å². The highest BCUT2D eigenvalue weighted by atomic mass is 32.2. The third-order valence-electron chi connectivity index (χ3n) is 2.66. The highest BCUT2D eigenvalue weighted by Crippen LogP contribution is 2.23. The highest BCUT2D eigenvalue weighted by molar-refractivity contribution is 7.89. The minimum atomic E-state index is -3.54. The van der Waals surface area contributed by atoms with Crippen molar-refractivity contribution in [2.45, 2.75) is 11.8 Å². The van der Waals surface area contributed by atoms with Crippen LogP contribution in [0.15, 0.2) is 35.4 Å². The van der Waals surface area contributed by atoms with Crippen LogP contribution in [0, 0.1) is 6.92 Å². The van der Waals surface area contributed by atoms with Crippen LogP contribution in [0.1, 0.15) is 5.56 Å². The minimum Gasteiger partial charge on any atom is -0.329 e. The molecule has 0 aliphatic carbocycles. The van der Waals surface area contributed by atoms with Crippen LogP contribution in [0.2, 0.25) is 0 Å². The van der Waals surface area contributed by atoms with Crippen molar-refractivity contribution in [3.8, 4) is 0 Å². The largest absolute Gasteiger partial charge is 0.329 e. The molecule has 0 saturated carbocycles. The van der Waals surface area contributed by atoms with Crippen molar-refractivity contribution in [1.29, 1.82) is 0 Å². The molecule has 0 saturated heterocycles. The molecule has 0 bridgehead atoms. The van der Waals surface area contributed by atoms with Gasteiger partial charge in [-0.2, -0.15) is 0 Å². The summed E-state index contributed by atoms with van der Waals surface area (Å²) in [6.45, 7) is 2.39. The van der Waals surface area contributed by atoms with E-state index in [0.29, 0.717) is 10.9 Å². The molecule has 0 unspecified atom stereocenters. The predicted molar refractivity (Wildman–Crippen MR) is 70.7 cm³/mol. The summed E-state index contributed by atoms with van der Waals surface area (Å²) in [5, 5.41) is 0.627. The molecule has 2 rings (SSSR count). The van der Waals surface area contributed by atoms with Crippen LogP contribution in [-0.4, -0.2) is 26.5 Å². The summed E-state index contributed by atoms with van der Waals surface area (Å²) in [7, 11) is -3.54. The maximum absolute atomic E-state index is 12.1. The van der Waals surface area contributed by atoms with E-state index in [-0.39, 0.29) is 18.0 Å². The quantitative estimate of drug-likeness (QED) is 0.855. The van der Waals surface area contributed by atoms with Crippen LogP contribution in [0.5, 0.6) is 0 Å². The number of nitrogens with zero attached hydrogens (tertiary/aromatic N) is 1. The van der Waals surface area contributed by atoms with Crippen molar-refractivity contribution in [2.24, 2.45) is 5.73 Å². The Balaban J connectivity index is 2.62. The normalized spacial score (nSPS) is 11.9. The monoisotopic (exact) mass is 265 g/mol. The first-order valence-electron chi connectivity index (χ1n) is 5.60. The molecule has 1 aromatic heterocycles. The number of benzene rings is 1. The Morgan fingerprint density at radius 3 is 2.83 bits per heavy atom. The molecular weight excluding hydrogens is 250 g/mol. The summed E-state index contributed by atoms with van der Waals surface area (Å²) in [4.78, 5) is 4.46. The molecule has 0 atom stereocenters. The second kappa shape index (κ2) is 5.01. The Morgan fingerprint density at radius 2 is 2.11 bits per heavy atom. The number of hydrogen-bond donors (Lipinski definition) is 2. The summed E-state index contributed by atoms with van der Waals surface area (Å²) >= 11 is 0. The van der Waals surface area contributed by atoms with Gasteiger partial charge in [0.15, 0.2) is 0 Å². The first kappa shape index (κ1) is 12.9. The molecule has 2 aromatic rings. The first-order chi connectivity index (χ1) is 8.56. The van der Waals surface area contributed by atoms with Crippen molar-refractivity contribution in [3.63, 3.8) is 0 Å². The Labute approximate surface area is 106 Å². The molecule has 0 aliphatic rings. The predicted octanol–water partition coefficient (Wildman–Crippen LogP) is 0.780. The zero-order chi connectivity index (χ0) is 13.2. The summed E-state index contributed by atoms with van der Waals surface area (Å²) < 4.78 is 26.7. The molecule has 6 heteroatoms. The number of aryl methyl sites for hydroxylation is 1. The summed E-state index contributed by atoms with van der Waals surface area (Å²) in [6, 6.07) is 6.83. The molecule has 18 heavy (non-hydrogen) atoms. The lowest BCUT2D eigenvalue weighted by atomic mass is 10.1. The summed E-state index contributed by atoms with van der Waals surface area (Å²) in [6.07, 6.45) is 1.65. The van der Waals surface area contributed by atoms with Gasteiger partial charge < -0.3 is 5.73 Å². The number of fused-ring (bicyclic) bond motifs is 1. The second-order valence-corrected chi connectivity index (χ2v) is 5.70. The SMILES string of the molecule is Cc1ccc(S(=O)(=O)NCCN)c2cccnc12. The Kier molecular flexibility index (Phi) is 3.60. The molecule has 0 aliphatic heterocycles. The zero-order valence-electron chi connectivity index (χ0n) is 10.1. The zero-order valence-corrected chi connectivity index (χ0v) is 10.9. The standard InChI is InChI=1S/C12H15N3O2S/c1-9-4-5-11(18(16,17)15-8-6-13)10-3-2-7-14-12(9)10/h2-5,7,15H,6,8,13H2,1H3. The van der Waals surface area contributed by atoms with Crippen LogP contribution in [0.3, 0.4) is 0 Å². The minimum absolute atomic E-state index is 0.220. The molecule has 96 valence electrons. The van der Waals surface area contributed by atoms with Gasteiger partial charge in [-0.15, -0.1) is 0 Å². The van der Waals surface area contributed by atoms with E-state index in [1.54, 1.807) is 30.5 Å². The number of pyridine rings is 1. The number of nitrogens with one attached hydrogen (secondary N) is 1. The molecule has 0 spiro atoms. The van der Waals surface area contributed by atoms with E-state index in [9.17, 15) is 8.42 Å². The number of rotatable bonds is 4. The molecule has 0 radical (unpaired) electrons. The lowest BCUT2D eigenvalue weighted by Gasteiger charge is -2.09. The average molecular weight is 265 g/mol. The lowest BCUT2D eigenvalue weighted by Crippen LogP contribution is -2.29. The van der Waals surface area contributed by atoms with E-state index in [4.69, 9.17) is 5.73 Å². The van der Waals surface area contributed by atoms with Gasteiger partial charge in [-0.05, 0) is 30.7 Å². The van der Waals surface area contributed by atoms with Gasteiger partial charge in [0.1, 0.15) is 0 Å². The van der Waals surface area contributed by atoms with Gasteiger partial charge in [0.2, 0.25) is 10.0 Å². The number of sulfonamides is 1. The van der Waals surface area contributed by atoms with Crippen molar-refractivity contribution >= 4 is 20.9 Å². The molecule has 1 aromatic carbocycles. The molecule has 3 N–H and O–H groups in total. The number of nitrogens with two attached hydrogens (primary N) is 1. The van der Waals surface area contributed by atoms with Crippen LogP contribution >= 0.6 is 0 Å². The van der Waals surface area contributed by atoms with Gasteiger partial charge in [-0.25, -0.2) is 13.1 Å². The van der Waals surface area contributed by atoms with Crippen molar-refractivity contribution < 1.29 is 8.42 Å². The molecule has 0 amide bonds. The number of aromatic nitrogens is 1. The van der Waals surface area contributed by atoms with E-state index in [1.165, 1.54) is 0 Å². The Morgan fingerprint density at radius 1 is 1.33 bits per heavy atom. The lowest BCUT2D eigenvalue weighted by molar-refractivity contribution is 0.583. The molecule has 5 nitrogen and oxygen atoms in total. The molecule has 0 fully saturated rings. The van der Waals surface area contributed by atoms with Gasteiger partial charge >= 0.3 is 0 Å². The second-order valence-electron chi connectivity index (χ2n) is 3.97. The van der Waals surface area contributed by atoms with Crippen molar-refractivity contribution in [1.82, 2.24) is 9.71 Å². The average Bonchev–Trinajstić information content (AvgIpc) is 2.37. The van der Waals surface area contributed by atoms with Crippen LogP contribution < -0.4 is 10.5 Å². The van der Waals surface area contributed by atoms with Gasteiger partial charge in [-0.3, -0.25) is 4.98 Å².